The van der Waals surface area contributed by atoms with Crippen LogP contribution in [0, 0.1) is 5.92 Å². The summed E-state index contributed by atoms with van der Waals surface area (Å²) in [5, 5.41) is 11.9. The van der Waals surface area contributed by atoms with E-state index in [1.807, 2.05) is 31.2 Å². The molecule has 0 fully saturated rings. The fourth-order valence-corrected chi connectivity index (χ4v) is 2.52. The van der Waals surface area contributed by atoms with Gasteiger partial charge in [0, 0.05) is 10.4 Å². The number of unbranched alkanes of at least 4 members (excludes halogenated alkanes) is 1. The van der Waals surface area contributed by atoms with Gasteiger partial charge in [-0.1, -0.05) is 54.8 Å². The fourth-order valence-electron chi connectivity index (χ4n) is 2.11. The summed E-state index contributed by atoms with van der Waals surface area (Å²) in [5.41, 5.74) is 0.794. The number of hydrogen-bond acceptors (Lipinski definition) is 2. The summed E-state index contributed by atoms with van der Waals surface area (Å²) < 4.78 is 0.865. The molecule has 5 heteroatoms. The molecule has 0 aromatic heterocycles. The predicted molar refractivity (Wildman–Crippen MR) is 86.0 cm³/mol. The van der Waals surface area contributed by atoms with Crippen LogP contribution in [0.4, 0.5) is 0 Å². The van der Waals surface area contributed by atoms with Gasteiger partial charge in [-0.05, 0) is 24.1 Å². The molecule has 21 heavy (non-hydrogen) atoms. The third-order valence-electron chi connectivity index (χ3n) is 3.38. The molecule has 2 unspecified atom stereocenters. The zero-order valence-electron chi connectivity index (χ0n) is 12.4. The molecule has 4 nitrogen and oxygen atoms in total. The summed E-state index contributed by atoms with van der Waals surface area (Å²) >= 11 is 3.37. The number of hydrogen-bond donors (Lipinski definition) is 2. The van der Waals surface area contributed by atoms with Crippen LogP contribution < -0.4 is 5.32 Å². The quantitative estimate of drug-likeness (QED) is 0.742. The van der Waals surface area contributed by atoms with E-state index >= 15 is 0 Å². The molecule has 0 saturated carbocycles. The lowest BCUT2D eigenvalue weighted by Gasteiger charge is -2.20. The van der Waals surface area contributed by atoms with Gasteiger partial charge in [0.1, 0.15) is 0 Å². The van der Waals surface area contributed by atoms with E-state index in [9.17, 15) is 9.59 Å². The minimum absolute atomic E-state index is 0.0883. The lowest BCUT2D eigenvalue weighted by atomic mass is 10.00. The molecule has 1 amide bonds. The Hall–Kier alpha value is -1.36. The summed E-state index contributed by atoms with van der Waals surface area (Å²) in [6.45, 7) is 3.96. The second kappa shape index (κ2) is 8.82. The van der Waals surface area contributed by atoms with Crippen molar-refractivity contribution in [2.24, 2.45) is 5.92 Å². The third kappa shape index (κ3) is 6.29. The second-order valence-electron chi connectivity index (χ2n) is 5.26. The topological polar surface area (TPSA) is 66.4 Å². The number of carbonyl (C=O) groups is 2. The molecule has 0 saturated heterocycles. The molecule has 116 valence electrons. The van der Waals surface area contributed by atoms with Crippen LogP contribution in [0.2, 0.25) is 0 Å². The first-order valence-corrected chi connectivity index (χ1v) is 8.01. The Balaban J connectivity index is 2.79. The van der Waals surface area contributed by atoms with E-state index in [4.69, 9.17) is 5.11 Å². The molecular weight excluding hydrogens is 334 g/mol. The van der Waals surface area contributed by atoms with Crippen LogP contribution in [0.1, 0.15) is 51.1 Å². The van der Waals surface area contributed by atoms with E-state index in [0.29, 0.717) is 0 Å². The number of aliphatic carboxylic acids is 1. The number of amides is 1. The Kier molecular flexibility index (Phi) is 7.43. The van der Waals surface area contributed by atoms with Crippen molar-refractivity contribution >= 4 is 27.8 Å². The summed E-state index contributed by atoms with van der Waals surface area (Å²) in [4.78, 5) is 23.2. The Morgan fingerprint density at radius 2 is 2.10 bits per heavy atom. The minimum atomic E-state index is -0.929. The van der Waals surface area contributed by atoms with Gasteiger partial charge >= 0.3 is 5.97 Å². The summed E-state index contributed by atoms with van der Waals surface area (Å²) in [7, 11) is 0. The van der Waals surface area contributed by atoms with Gasteiger partial charge in [0.2, 0.25) is 5.91 Å². The lowest BCUT2D eigenvalue weighted by molar-refractivity contribution is -0.137. The maximum absolute atomic E-state index is 12.2. The van der Waals surface area contributed by atoms with E-state index in [-0.39, 0.29) is 18.2 Å². The average Bonchev–Trinajstić information content (AvgIpc) is 2.43. The molecule has 1 aromatic carbocycles. The number of carbonyl (C=O) groups excluding carboxylic acids is 1. The smallest absolute Gasteiger partial charge is 0.305 e. The van der Waals surface area contributed by atoms with E-state index in [0.717, 1.165) is 29.3 Å². The highest BCUT2D eigenvalue weighted by Gasteiger charge is 2.21. The van der Waals surface area contributed by atoms with Crippen LogP contribution in [0.15, 0.2) is 28.7 Å². The number of nitrogens with one attached hydrogen (secondary N) is 1. The molecule has 0 aliphatic carbocycles. The molecule has 0 aliphatic heterocycles. The van der Waals surface area contributed by atoms with E-state index in [2.05, 4.69) is 28.2 Å². The van der Waals surface area contributed by atoms with Crippen molar-refractivity contribution in [3.63, 3.8) is 0 Å². The average molecular weight is 356 g/mol. The van der Waals surface area contributed by atoms with Gasteiger partial charge in [-0.15, -0.1) is 0 Å². The van der Waals surface area contributed by atoms with Crippen molar-refractivity contribution in [2.75, 3.05) is 0 Å². The first-order valence-electron chi connectivity index (χ1n) is 7.21. The van der Waals surface area contributed by atoms with Crippen molar-refractivity contribution in [1.29, 1.82) is 0 Å². The molecule has 0 radical (unpaired) electrons. The highest BCUT2D eigenvalue weighted by atomic mass is 79.9. The number of carboxylic acid groups (broad SMARTS) is 1. The van der Waals surface area contributed by atoms with Gasteiger partial charge in [0.15, 0.2) is 0 Å². The maximum Gasteiger partial charge on any atom is 0.305 e. The molecular formula is C16H22BrNO3. The second-order valence-corrected chi connectivity index (χ2v) is 6.17. The number of halogens is 1. The minimum Gasteiger partial charge on any atom is -0.481 e. The van der Waals surface area contributed by atoms with E-state index in [1.54, 1.807) is 0 Å². The maximum atomic E-state index is 12.2. The van der Waals surface area contributed by atoms with Crippen LogP contribution in [-0.4, -0.2) is 17.0 Å². The molecule has 1 rings (SSSR count). The zero-order valence-corrected chi connectivity index (χ0v) is 14.0. The van der Waals surface area contributed by atoms with E-state index in [1.165, 1.54) is 0 Å². The van der Waals surface area contributed by atoms with E-state index < -0.39 is 12.0 Å². The molecule has 1 aromatic rings. The highest BCUT2D eigenvalue weighted by molar-refractivity contribution is 9.10. The molecule has 2 N–H and O–H groups in total. The number of benzene rings is 1. The number of rotatable bonds is 8. The highest BCUT2D eigenvalue weighted by Crippen LogP contribution is 2.22. The van der Waals surface area contributed by atoms with Crippen LogP contribution in [0.3, 0.4) is 0 Å². The Bertz CT molecular complexity index is 490. The van der Waals surface area contributed by atoms with Crippen molar-refractivity contribution in [2.45, 2.75) is 45.6 Å². The molecule has 2 atom stereocenters. The van der Waals surface area contributed by atoms with Gasteiger partial charge in [-0.3, -0.25) is 9.59 Å². The molecule has 0 aliphatic rings. The number of carboxylic acids is 1. The third-order valence-corrected chi connectivity index (χ3v) is 3.88. The molecule has 0 heterocycles. The van der Waals surface area contributed by atoms with Gasteiger partial charge in [0.25, 0.3) is 0 Å². The normalized spacial score (nSPS) is 13.5. The van der Waals surface area contributed by atoms with Crippen molar-refractivity contribution in [3.8, 4) is 0 Å². The summed E-state index contributed by atoms with van der Waals surface area (Å²) in [6.07, 6.45) is 2.74. The van der Waals surface area contributed by atoms with Crippen molar-refractivity contribution < 1.29 is 14.7 Å². The standard InChI is InChI=1S/C16H22BrNO3/c1-3-4-6-11(2)16(21)18-14(10-15(19)20)12-7-5-8-13(17)9-12/h5,7-9,11,14H,3-4,6,10H2,1-2H3,(H,18,21)(H,19,20). The monoisotopic (exact) mass is 355 g/mol. The summed E-state index contributed by atoms with van der Waals surface area (Å²) in [5.74, 6) is -1.12. The SMILES string of the molecule is CCCCC(C)C(=O)NC(CC(=O)O)c1cccc(Br)c1. The molecule has 0 spiro atoms. The first kappa shape index (κ1) is 17.7. The lowest BCUT2D eigenvalue weighted by Crippen LogP contribution is -2.34. The van der Waals surface area contributed by atoms with Crippen molar-refractivity contribution in [3.05, 3.63) is 34.3 Å². The molecule has 0 bridgehead atoms. The fraction of sp³-hybridized carbons (Fsp3) is 0.500. The zero-order chi connectivity index (χ0) is 15.8. The van der Waals surface area contributed by atoms with Crippen LogP contribution in [0.5, 0.6) is 0 Å². The summed E-state index contributed by atoms with van der Waals surface area (Å²) in [6, 6.07) is 6.87. The largest absolute Gasteiger partial charge is 0.481 e. The van der Waals surface area contributed by atoms with Gasteiger partial charge < -0.3 is 10.4 Å². The first-order chi connectivity index (χ1) is 9.93. The van der Waals surface area contributed by atoms with Crippen LogP contribution >= 0.6 is 15.9 Å². The Labute approximate surface area is 134 Å². The van der Waals surface area contributed by atoms with Gasteiger partial charge in [-0.25, -0.2) is 0 Å². The van der Waals surface area contributed by atoms with Crippen molar-refractivity contribution in [1.82, 2.24) is 5.32 Å². The van der Waals surface area contributed by atoms with Gasteiger partial charge in [-0.2, -0.15) is 0 Å². The Morgan fingerprint density at radius 3 is 2.67 bits per heavy atom. The van der Waals surface area contributed by atoms with Gasteiger partial charge in [0.05, 0.1) is 12.5 Å². The predicted octanol–water partition coefficient (Wildman–Crippen LogP) is 3.91. The van der Waals surface area contributed by atoms with Crippen LogP contribution in [-0.2, 0) is 9.59 Å². The van der Waals surface area contributed by atoms with Crippen LogP contribution in [0.25, 0.3) is 0 Å². The Morgan fingerprint density at radius 1 is 1.38 bits per heavy atom.